The smallest absolute Gasteiger partial charge is 0.0225 e. The second-order valence-corrected chi connectivity index (χ2v) is 5.39. The van der Waals surface area contributed by atoms with Crippen LogP contribution in [0.1, 0.15) is 27.7 Å². The van der Waals surface area contributed by atoms with Crippen LogP contribution in [0.25, 0.3) is 0 Å². The van der Waals surface area contributed by atoms with Crippen LogP contribution in [0.2, 0.25) is 0 Å². The van der Waals surface area contributed by atoms with Gasteiger partial charge < -0.3 is 5.32 Å². The number of allylic oxidation sites excluding steroid dienone is 1. The molecule has 12 heavy (non-hydrogen) atoms. The summed E-state index contributed by atoms with van der Waals surface area (Å²) in [5.74, 6) is 0. The Labute approximate surface area is 81.0 Å². The molecule has 1 N–H and O–H groups in total. The first-order chi connectivity index (χ1) is 5.48. The first-order valence-electron chi connectivity index (χ1n) is 4.37. The van der Waals surface area contributed by atoms with Crippen LogP contribution in [0.15, 0.2) is 11.6 Å². The Hall–Kier alpha value is 0.0500. The van der Waals surface area contributed by atoms with Gasteiger partial charge in [0.05, 0.1) is 0 Å². The van der Waals surface area contributed by atoms with Gasteiger partial charge in [0.1, 0.15) is 0 Å². The van der Waals surface area contributed by atoms with Gasteiger partial charge in [0, 0.05) is 17.8 Å². The molecule has 2 heteroatoms. The van der Waals surface area contributed by atoms with Crippen LogP contribution < -0.4 is 5.32 Å². The molecule has 0 saturated carbocycles. The molecule has 1 nitrogen and oxygen atoms in total. The second-order valence-electron chi connectivity index (χ2n) is 3.88. The molecule has 0 aromatic carbocycles. The lowest BCUT2D eigenvalue weighted by molar-refractivity contribution is 0.620. The number of thioether (sulfide) groups is 1. The lowest BCUT2D eigenvalue weighted by Crippen LogP contribution is -2.32. The fourth-order valence-corrected chi connectivity index (χ4v) is 0.968. The molecular weight excluding hydrogens is 166 g/mol. The molecule has 0 aliphatic rings. The molecule has 0 aliphatic heterocycles. The summed E-state index contributed by atoms with van der Waals surface area (Å²) in [6, 6.07) is 0. The molecule has 0 radical (unpaired) electrons. The van der Waals surface area contributed by atoms with Crippen molar-refractivity contribution >= 4 is 11.8 Å². The topological polar surface area (TPSA) is 12.0 Å². The van der Waals surface area contributed by atoms with Crippen LogP contribution in [0, 0.1) is 0 Å². The maximum absolute atomic E-state index is 3.41. The first-order valence-corrected chi connectivity index (χ1v) is 5.59. The predicted molar refractivity (Wildman–Crippen MR) is 59.9 cm³/mol. The molecule has 0 aromatic heterocycles. The zero-order valence-corrected chi connectivity index (χ0v) is 9.72. The van der Waals surface area contributed by atoms with Crippen molar-refractivity contribution in [2.45, 2.75) is 32.4 Å². The Morgan fingerprint density at radius 3 is 2.42 bits per heavy atom. The molecule has 0 heterocycles. The molecule has 0 bridgehead atoms. The van der Waals surface area contributed by atoms with Crippen LogP contribution in [-0.4, -0.2) is 24.1 Å². The average molecular weight is 187 g/mol. The molecule has 0 fully saturated rings. The maximum atomic E-state index is 3.41. The standard InChI is InChI=1S/C10H21NS/c1-9(2)6-7-11-8-10(3,4)12-5/h6,11H,7-8H2,1-5H3. The summed E-state index contributed by atoms with van der Waals surface area (Å²) < 4.78 is 0.357. The van der Waals surface area contributed by atoms with Crippen molar-refractivity contribution < 1.29 is 0 Å². The molecule has 0 saturated heterocycles. The minimum absolute atomic E-state index is 0.357. The van der Waals surface area contributed by atoms with E-state index in [1.807, 2.05) is 11.8 Å². The zero-order valence-electron chi connectivity index (χ0n) is 8.90. The number of hydrogen-bond donors (Lipinski definition) is 1. The van der Waals surface area contributed by atoms with Crippen molar-refractivity contribution in [2.75, 3.05) is 19.3 Å². The van der Waals surface area contributed by atoms with Gasteiger partial charge in [-0.05, 0) is 34.0 Å². The second kappa shape index (κ2) is 5.65. The molecule has 0 aromatic rings. The average Bonchev–Trinajstić information content (AvgIpc) is 1.98. The Bertz CT molecular complexity index is 146. The van der Waals surface area contributed by atoms with E-state index < -0.39 is 0 Å². The summed E-state index contributed by atoms with van der Waals surface area (Å²) >= 11 is 1.90. The number of nitrogens with one attached hydrogen (secondary N) is 1. The van der Waals surface area contributed by atoms with Crippen molar-refractivity contribution in [1.29, 1.82) is 0 Å². The highest BCUT2D eigenvalue weighted by molar-refractivity contribution is 7.99. The van der Waals surface area contributed by atoms with Gasteiger partial charge in [0.2, 0.25) is 0 Å². The quantitative estimate of drug-likeness (QED) is 0.524. The summed E-state index contributed by atoms with van der Waals surface area (Å²) in [6.45, 7) is 10.8. The van der Waals surface area contributed by atoms with Crippen molar-refractivity contribution in [3.8, 4) is 0 Å². The van der Waals surface area contributed by atoms with Gasteiger partial charge >= 0.3 is 0 Å². The molecule has 0 unspecified atom stereocenters. The van der Waals surface area contributed by atoms with Crippen molar-refractivity contribution in [1.82, 2.24) is 5.32 Å². The van der Waals surface area contributed by atoms with Crippen molar-refractivity contribution in [3.63, 3.8) is 0 Å². The Balaban J connectivity index is 3.50. The SMILES string of the molecule is CSC(C)(C)CNCC=C(C)C. The third-order valence-corrected chi connectivity index (χ3v) is 3.01. The largest absolute Gasteiger partial charge is 0.312 e. The summed E-state index contributed by atoms with van der Waals surface area (Å²) in [5.41, 5.74) is 1.38. The van der Waals surface area contributed by atoms with Crippen molar-refractivity contribution in [3.05, 3.63) is 11.6 Å². The van der Waals surface area contributed by atoms with E-state index in [0.717, 1.165) is 13.1 Å². The van der Waals surface area contributed by atoms with E-state index in [1.54, 1.807) is 0 Å². The molecule has 0 atom stereocenters. The van der Waals surface area contributed by atoms with E-state index in [4.69, 9.17) is 0 Å². The first kappa shape index (κ1) is 12.0. The maximum Gasteiger partial charge on any atom is 0.0225 e. The van der Waals surface area contributed by atoms with E-state index >= 15 is 0 Å². The fourth-order valence-electron chi connectivity index (χ4n) is 0.722. The van der Waals surface area contributed by atoms with Gasteiger partial charge in [0.15, 0.2) is 0 Å². The van der Waals surface area contributed by atoms with E-state index in [0.29, 0.717) is 4.75 Å². The predicted octanol–water partition coefficient (Wildman–Crippen LogP) is 2.68. The molecule has 0 rings (SSSR count). The summed E-state index contributed by atoms with van der Waals surface area (Å²) in [5, 5.41) is 3.41. The third kappa shape index (κ3) is 6.74. The normalized spacial score (nSPS) is 11.4. The molecular formula is C10H21NS. The molecule has 0 amide bonds. The Kier molecular flexibility index (Phi) is 5.68. The summed E-state index contributed by atoms with van der Waals surface area (Å²) in [6.07, 6.45) is 4.37. The lowest BCUT2D eigenvalue weighted by Gasteiger charge is -2.21. The van der Waals surface area contributed by atoms with E-state index in [2.05, 4.69) is 45.3 Å². The monoisotopic (exact) mass is 187 g/mol. The van der Waals surface area contributed by atoms with Gasteiger partial charge in [-0.25, -0.2) is 0 Å². The molecule has 0 aliphatic carbocycles. The molecule has 0 spiro atoms. The minimum atomic E-state index is 0.357. The van der Waals surface area contributed by atoms with Gasteiger partial charge in [-0.1, -0.05) is 11.6 Å². The molecule has 72 valence electrons. The lowest BCUT2D eigenvalue weighted by atomic mass is 10.2. The van der Waals surface area contributed by atoms with E-state index in [-0.39, 0.29) is 0 Å². The fraction of sp³-hybridized carbons (Fsp3) is 0.800. The Morgan fingerprint density at radius 2 is 2.00 bits per heavy atom. The highest BCUT2D eigenvalue weighted by Crippen LogP contribution is 2.19. The summed E-state index contributed by atoms with van der Waals surface area (Å²) in [4.78, 5) is 0. The van der Waals surface area contributed by atoms with Gasteiger partial charge in [0.25, 0.3) is 0 Å². The minimum Gasteiger partial charge on any atom is -0.312 e. The van der Waals surface area contributed by atoms with Crippen LogP contribution in [0.5, 0.6) is 0 Å². The summed E-state index contributed by atoms with van der Waals surface area (Å²) in [7, 11) is 0. The van der Waals surface area contributed by atoms with Gasteiger partial charge in [-0.15, -0.1) is 0 Å². The highest BCUT2D eigenvalue weighted by Gasteiger charge is 2.13. The van der Waals surface area contributed by atoms with Crippen LogP contribution >= 0.6 is 11.8 Å². The van der Waals surface area contributed by atoms with Crippen LogP contribution in [0.4, 0.5) is 0 Å². The van der Waals surface area contributed by atoms with Gasteiger partial charge in [-0.3, -0.25) is 0 Å². The number of hydrogen-bond acceptors (Lipinski definition) is 2. The number of rotatable bonds is 5. The third-order valence-electron chi connectivity index (χ3n) is 1.76. The highest BCUT2D eigenvalue weighted by atomic mass is 32.2. The van der Waals surface area contributed by atoms with Gasteiger partial charge in [-0.2, -0.15) is 11.8 Å². The zero-order chi connectivity index (χ0) is 9.61. The van der Waals surface area contributed by atoms with E-state index in [1.165, 1.54) is 5.57 Å². The van der Waals surface area contributed by atoms with Crippen LogP contribution in [-0.2, 0) is 0 Å². The van der Waals surface area contributed by atoms with Crippen LogP contribution in [0.3, 0.4) is 0 Å². The van der Waals surface area contributed by atoms with E-state index in [9.17, 15) is 0 Å². The van der Waals surface area contributed by atoms with Crippen molar-refractivity contribution in [2.24, 2.45) is 0 Å². The Morgan fingerprint density at radius 1 is 1.42 bits per heavy atom.